The molecule has 27 heavy (non-hydrogen) atoms. The highest BCUT2D eigenvalue weighted by Crippen LogP contribution is 2.22. The lowest BCUT2D eigenvalue weighted by atomic mass is 10.0. The number of carboxylic acids is 1. The van der Waals surface area contributed by atoms with Crippen molar-refractivity contribution >= 4 is 17.8 Å². The molecule has 1 unspecified atom stereocenters. The average Bonchev–Trinajstić information content (AvgIpc) is 3.48. The summed E-state index contributed by atoms with van der Waals surface area (Å²) in [4.78, 5) is 35.7. The zero-order valence-electron chi connectivity index (χ0n) is 14.5. The summed E-state index contributed by atoms with van der Waals surface area (Å²) in [7, 11) is 0. The van der Waals surface area contributed by atoms with Crippen molar-refractivity contribution in [1.82, 2.24) is 10.6 Å². The number of ether oxygens (including phenoxy) is 1. The Morgan fingerprint density at radius 1 is 0.926 bits per heavy atom. The van der Waals surface area contributed by atoms with Crippen LogP contribution >= 0.6 is 0 Å². The van der Waals surface area contributed by atoms with Gasteiger partial charge in [0.05, 0.1) is 0 Å². The summed E-state index contributed by atoms with van der Waals surface area (Å²) in [6.45, 7) is 0.332. The van der Waals surface area contributed by atoms with Crippen LogP contribution in [0.4, 0.5) is 0 Å². The van der Waals surface area contributed by atoms with Crippen molar-refractivity contribution in [1.29, 1.82) is 0 Å². The first-order valence-corrected chi connectivity index (χ1v) is 8.59. The molecular formula is C20H20N2O5. The molecule has 2 amide bonds. The van der Waals surface area contributed by atoms with Crippen molar-refractivity contribution in [2.45, 2.75) is 31.2 Å². The van der Waals surface area contributed by atoms with Gasteiger partial charge in [-0.2, -0.15) is 0 Å². The molecule has 2 aromatic rings. The molecule has 0 spiro atoms. The molecule has 3 atom stereocenters. The molecule has 0 saturated carbocycles. The van der Waals surface area contributed by atoms with Gasteiger partial charge in [0.2, 0.25) is 5.91 Å². The quantitative estimate of drug-likeness (QED) is 0.600. The average molecular weight is 368 g/mol. The summed E-state index contributed by atoms with van der Waals surface area (Å²) >= 11 is 0. The molecule has 3 rings (SSSR count). The van der Waals surface area contributed by atoms with Crippen LogP contribution in [-0.4, -0.2) is 41.1 Å². The van der Waals surface area contributed by atoms with Gasteiger partial charge in [0.1, 0.15) is 6.04 Å². The van der Waals surface area contributed by atoms with Crippen LogP contribution in [0.1, 0.15) is 11.1 Å². The first-order chi connectivity index (χ1) is 13.0. The van der Waals surface area contributed by atoms with Crippen molar-refractivity contribution in [2.24, 2.45) is 0 Å². The van der Waals surface area contributed by atoms with Gasteiger partial charge < -0.3 is 20.5 Å². The number of carbonyl (C=O) groups is 3. The van der Waals surface area contributed by atoms with E-state index in [1.54, 1.807) is 0 Å². The fraction of sp³-hybridized carbons (Fsp3) is 0.250. The van der Waals surface area contributed by atoms with Crippen LogP contribution in [0.15, 0.2) is 60.7 Å². The Morgan fingerprint density at radius 2 is 1.52 bits per heavy atom. The Hall–Kier alpha value is -3.19. The molecular weight excluding hydrogens is 348 g/mol. The van der Waals surface area contributed by atoms with E-state index < -0.39 is 30.1 Å². The van der Waals surface area contributed by atoms with Crippen LogP contribution in [0.2, 0.25) is 0 Å². The van der Waals surface area contributed by atoms with Crippen LogP contribution in [0.5, 0.6) is 0 Å². The van der Waals surface area contributed by atoms with E-state index in [9.17, 15) is 14.4 Å². The van der Waals surface area contributed by atoms with E-state index in [-0.39, 0.29) is 12.3 Å². The number of carboxylic acid groups (broad SMARTS) is 1. The maximum atomic E-state index is 12.6. The Morgan fingerprint density at radius 3 is 2.07 bits per heavy atom. The Kier molecular flexibility index (Phi) is 5.83. The number of nitrogens with one attached hydrogen (secondary N) is 2. The summed E-state index contributed by atoms with van der Waals surface area (Å²) in [5.41, 5.74) is 1.82. The van der Waals surface area contributed by atoms with Crippen molar-refractivity contribution < 1.29 is 24.2 Å². The third-order valence-corrected chi connectivity index (χ3v) is 4.22. The molecule has 7 heteroatoms. The number of amides is 2. The fourth-order valence-corrected chi connectivity index (χ4v) is 2.72. The van der Waals surface area contributed by atoms with Crippen molar-refractivity contribution in [3.05, 3.63) is 71.8 Å². The smallest absolute Gasteiger partial charge is 0.336 e. The Labute approximate surface area is 156 Å². The highest BCUT2D eigenvalue weighted by molar-refractivity contribution is 5.95. The molecule has 1 saturated heterocycles. The molecule has 0 aromatic heterocycles. The molecule has 1 aliphatic rings. The van der Waals surface area contributed by atoms with Gasteiger partial charge in [-0.15, -0.1) is 0 Å². The topological polar surface area (TPSA) is 108 Å². The zero-order valence-corrected chi connectivity index (χ0v) is 14.5. The lowest BCUT2D eigenvalue weighted by Gasteiger charge is -2.18. The molecule has 3 N–H and O–H groups in total. The largest absolute Gasteiger partial charge is 0.479 e. The number of epoxide rings is 1. The molecule has 1 heterocycles. The number of hydrogen-bond donors (Lipinski definition) is 3. The predicted molar refractivity (Wildman–Crippen MR) is 96.7 cm³/mol. The van der Waals surface area contributed by atoms with E-state index in [1.807, 2.05) is 60.7 Å². The van der Waals surface area contributed by atoms with E-state index in [2.05, 4.69) is 10.6 Å². The molecule has 7 nitrogen and oxygen atoms in total. The second kappa shape index (κ2) is 8.46. The van der Waals surface area contributed by atoms with Crippen LogP contribution in [-0.2, 0) is 32.1 Å². The molecule has 140 valence electrons. The third-order valence-electron chi connectivity index (χ3n) is 4.22. The van der Waals surface area contributed by atoms with Gasteiger partial charge in [-0.05, 0) is 11.1 Å². The minimum atomic E-state index is -1.19. The number of hydrogen-bond acceptors (Lipinski definition) is 4. The highest BCUT2D eigenvalue weighted by Gasteiger charge is 2.51. The SMILES string of the molecule is O=C(NCc1ccccc1)C(Cc1ccccc1)NC(=O)[C@H]1O[C@@H]1C(=O)O. The monoisotopic (exact) mass is 368 g/mol. The van der Waals surface area contributed by atoms with Crippen LogP contribution < -0.4 is 10.6 Å². The van der Waals surface area contributed by atoms with Gasteiger partial charge in [0.25, 0.3) is 5.91 Å². The van der Waals surface area contributed by atoms with E-state index in [1.165, 1.54) is 0 Å². The van der Waals surface area contributed by atoms with Gasteiger partial charge in [0, 0.05) is 13.0 Å². The summed E-state index contributed by atoms with van der Waals surface area (Å²) in [5.74, 6) is -2.13. The van der Waals surface area contributed by atoms with E-state index in [0.717, 1.165) is 11.1 Å². The Balaban J connectivity index is 1.64. The summed E-state index contributed by atoms with van der Waals surface area (Å²) in [5, 5.41) is 14.3. The minimum Gasteiger partial charge on any atom is -0.479 e. The van der Waals surface area contributed by atoms with Crippen LogP contribution in [0.25, 0.3) is 0 Å². The first-order valence-electron chi connectivity index (χ1n) is 8.59. The normalized spacial score (nSPS) is 19.0. The van der Waals surface area contributed by atoms with Gasteiger partial charge in [0.15, 0.2) is 12.2 Å². The molecule has 0 bridgehead atoms. The lowest BCUT2D eigenvalue weighted by molar-refractivity contribution is -0.138. The number of rotatable bonds is 8. The highest BCUT2D eigenvalue weighted by atomic mass is 16.6. The third kappa shape index (κ3) is 5.15. The second-order valence-corrected chi connectivity index (χ2v) is 6.27. The van der Waals surface area contributed by atoms with Crippen LogP contribution in [0.3, 0.4) is 0 Å². The molecule has 0 radical (unpaired) electrons. The van der Waals surface area contributed by atoms with Crippen molar-refractivity contribution in [3.8, 4) is 0 Å². The van der Waals surface area contributed by atoms with Crippen molar-refractivity contribution in [3.63, 3.8) is 0 Å². The van der Waals surface area contributed by atoms with Gasteiger partial charge in [-0.3, -0.25) is 9.59 Å². The molecule has 1 aliphatic heterocycles. The Bertz CT molecular complexity index is 810. The fourth-order valence-electron chi connectivity index (χ4n) is 2.72. The van der Waals surface area contributed by atoms with Gasteiger partial charge in [-0.25, -0.2) is 4.79 Å². The molecule has 0 aliphatic carbocycles. The lowest BCUT2D eigenvalue weighted by Crippen LogP contribution is -2.49. The summed E-state index contributed by atoms with van der Waals surface area (Å²) in [6.07, 6.45) is -1.91. The molecule has 2 aromatic carbocycles. The standard InChI is InChI=1S/C20H20N2O5/c23-18(21-12-14-9-5-2-6-10-14)15(11-13-7-3-1-4-8-13)22-19(24)16-17(27-16)20(25)26/h1-10,15-17H,11-12H2,(H,21,23)(H,22,24)(H,25,26)/t15?,16-,17-/m0/s1. The maximum absolute atomic E-state index is 12.6. The number of aliphatic carboxylic acids is 1. The maximum Gasteiger partial charge on any atom is 0.336 e. The van der Waals surface area contributed by atoms with Crippen molar-refractivity contribution in [2.75, 3.05) is 0 Å². The first kappa shape index (κ1) is 18.6. The van der Waals surface area contributed by atoms with E-state index in [0.29, 0.717) is 6.54 Å². The number of benzene rings is 2. The number of carbonyl (C=O) groups excluding carboxylic acids is 2. The predicted octanol–water partition coefficient (Wildman–Crippen LogP) is 0.882. The van der Waals surface area contributed by atoms with Gasteiger partial charge >= 0.3 is 5.97 Å². The summed E-state index contributed by atoms with van der Waals surface area (Å²) < 4.78 is 4.86. The van der Waals surface area contributed by atoms with Crippen LogP contribution in [0, 0.1) is 0 Å². The van der Waals surface area contributed by atoms with E-state index in [4.69, 9.17) is 9.84 Å². The summed E-state index contributed by atoms with van der Waals surface area (Å²) in [6, 6.07) is 17.9. The second-order valence-electron chi connectivity index (χ2n) is 6.27. The van der Waals surface area contributed by atoms with E-state index >= 15 is 0 Å². The van der Waals surface area contributed by atoms with Gasteiger partial charge in [-0.1, -0.05) is 60.7 Å². The minimum absolute atomic E-state index is 0.289. The zero-order chi connectivity index (χ0) is 19.2. The molecule has 1 fully saturated rings.